The number of unbranched alkanes of at least 4 members (excludes halogenated alkanes) is 1. The van der Waals surface area contributed by atoms with Crippen molar-refractivity contribution in [2.45, 2.75) is 100 Å². The molecule has 0 heterocycles. The summed E-state index contributed by atoms with van der Waals surface area (Å²) >= 11 is 13.3. The minimum atomic E-state index is 0. The van der Waals surface area contributed by atoms with Gasteiger partial charge in [-0.05, 0) is 75.8 Å². The van der Waals surface area contributed by atoms with Gasteiger partial charge in [-0.2, -0.15) is 23.3 Å². The molecule has 0 aromatic heterocycles. The number of rotatable bonds is 7. The van der Waals surface area contributed by atoms with E-state index in [1.54, 1.807) is 0 Å². The van der Waals surface area contributed by atoms with Crippen LogP contribution in [0.25, 0.3) is 33.4 Å². The van der Waals surface area contributed by atoms with Crippen LogP contribution in [0.2, 0.25) is 10.0 Å². The van der Waals surface area contributed by atoms with E-state index in [1.165, 1.54) is 136 Å². The van der Waals surface area contributed by atoms with Crippen LogP contribution in [0.4, 0.5) is 0 Å². The number of fused-ring (bicyclic) bond motifs is 3. The third-order valence-corrected chi connectivity index (χ3v) is 13.3. The molecule has 0 radical (unpaired) electrons. The molecule has 7 aromatic carbocycles. The Morgan fingerprint density at radius 2 is 1.19 bits per heavy atom. The van der Waals surface area contributed by atoms with E-state index < -0.39 is 0 Å². The number of benzene rings is 6. The third kappa shape index (κ3) is 12.6. The summed E-state index contributed by atoms with van der Waals surface area (Å²) in [6.07, 6.45) is 4.80. The first kappa shape index (κ1) is 51.2. The first-order valence-corrected chi connectivity index (χ1v) is 23.2. The predicted octanol–water partition coefficient (Wildman–Crippen LogP) is 10.4. The Kier molecular flexibility index (Phi) is 18.6. The van der Waals surface area contributed by atoms with Crippen LogP contribution in [-0.2, 0) is 42.5 Å². The molecule has 0 N–H and O–H groups in total. The van der Waals surface area contributed by atoms with Crippen LogP contribution in [0.5, 0.6) is 0 Å². The molecule has 7 aromatic rings. The predicted molar refractivity (Wildman–Crippen MR) is 258 cm³/mol. The van der Waals surface area contributed by atoms with Crippen molar-refractivity contribution in [3.05, 3.63) is 204 Å². The summed E-state index contributed by atoms with van der Waals surface area (Å²) in [4.78, 5) is 0. The maximum atomic E-state index is 5.98. The topological polar surface area (TPSA) is 0 Å². The van der Waals surface area contributed by atoms with Gasteiger partial charge in [0.25, 0.3) is 0 Å². The zero-order valence-corrected chi connectivity index (χ0v) is 43.4. The van der Waals surface area contributed by atoms with Crippen molar-refractivity contribution in [1.29, 1.82) is 0 Å². The minimum absolute atomic E-state index is 0. The second-order valence-electron chi connectivity index (χ2n) is 17.6. The van der Waals surface area contributed by atoms with Crippen molar-refractivity contribution in [2.24, 2.45) is 0 Å². The fourth-order valence-electron chi connectivity index (χ4n) is 8.62. The molecule has 0 bridgehead atoms. The van der Waals surface area contributed by atoms with Crippen LogP contribution in [0.15, 0.2) is 121 Å². The van der Waals surface area contributed by atoms with Crippen molar-refractivity contribution < 1.29 is 49.0 Å². The van der Waals surface area contributed by atoms with E-state index >= 15 is 0 Å². The fourth-order valence-corrected chi connectivity index (χ4v) is 9.76. The van der Waals surface area contributed by atoms with Gasteiger partial charge in [0, 0.05) is 0 Å². The zero-order chi connectivity index (χ0) is 43.3. The summed E-state index contributed by atoms with van der Waals surface area (Å²) < 4.78 is 1.26. The van der Waals surface area contributed by atoms with Crippen molar-refractivity contribution in [3.8, 4) is 33.4 Å². The second-order valence-corrected chi connectivity index (χ2v) is 19.7. The average molecular weight is 976 g/mol. The summed E-state index contributed by atoms with van der Waals surface area (Å²) in [5.74, 6) is 0. The molecule has 0 spiro atoms. The smallest absolute Gasteiger partial charge is 1.00 e. The molecule has 0 aliphatic heterocycles. The molecular formula is C57H58Cl4Zr-2. The number of hydrogen-bond acceptors (Lipinski definition) is 0. The van der Waals surface area contributed by atoms with E-state index in [0.717, 1.165) is 27.6 Å². The van der Waals surface area contributed by atoms with E-state index in [4.69, 9.17) is 23.2 Å². The summed E-state index contributed by atoms with van der Waals surface area (Å²) in [6, 6.07) is 47.1. The van der Waals surface area contributed by atoms with E-state index in [-0.39, 0.29) is 24.8 Å². The van der Waals surface area contributed by atoms with Gasteiger partial charge in [-0.1, -0.05) is 134 Å². The Hall–Kier alpha value is -3.42. The van der Waals surface area contributed by atoms with E-state index in [9.17, 15) is 0 Å². The number of halogens is 4. The molecule has 0 amide bonds. The van der Waals surface area contributed by atoms with Gasteiger partial charge in [0.1, 0.15) is 0 Å². The molecule has 0 nitrogen and oxygen atoms in total. The van der Waals surface area contributed by atoms with Gasteiger partial charge in [-0.25, -0.2) is 6.07 Å². The first-order valence-electron chi connectivity index (χ1n) is 21.2. The molecular weight excluding hydrogens is 918 g/mol. The Balaban J connectivity index is 0.000000229. The van der Waals surface area contributed by atoms with E-state index in [1.807, 2.05) is 36.4 Å². The van der Waals surface area contributed by atoms with Gasteiger partial charge < -0.3 is 24.8 Å². The first-order chi connectivity index (χ1) is 28.5. The van der Waals surface area contributed by atoms with Crippen molar-refractivity contribution >= 4 is 26.4 Å². The normalized spacial score (nSPS) is 11.2. The summed E-state index contributed by atoms with van der Waals surface area (Å²) in [7, 11) is 0. The quantitative estimate of drug-likeness (QED) is 0.140. The summed E-state index contributed by atoms with van der Waals surface area (Å²) in [5.41, 5.74) is 24.3. The average Bonchev–Trinajstić information content (AvgIpc) is 3.81. The van der Waals surface area contributed by atoms with Crippen LogP contribution < -0.4 is 24.8 Å². The van der Waals surface area contributed by atoms with Crippen molar-refractivity contribution in [2.75, 3.05) is 0 Å². The molecule has 0 fully saturated rings. The van der Waals surface area contributed by atoms with Gasteiger partial charge in [0.2, 0.25) is 0 Å². The van der Waals surface area contributed by atoms with E-state index in [0.29, 0.717) is 5.41 Å². The summed E-state index contributed by atoms with van der Waals surface area (Å²) in [6.45, 7) is 22.3. The van der Waals surface area contributed by atoms with Crippen LogP contribution >= 0.6 is 23.2 Å². The molecule has 0 atom stereocenters. The monoisotopic (exact) mass is 972 g/mol. The van der Waals surface area contributed by atoms with Crippen molar-refractivity contribution in [3.63, 3.8) is 0 Å². The Morgan fingerprint density at radius 1 is 0.661 bits per heavy atom. The maximum absolute atomic E-state index is 5.98. The molecule has 320 valence electrons. The van der Waals surface area contributed by atoms with Gasteiger partial charge in [0.15, 0.2) is 0 Å². The second kappa shape index (κ2) is 22.5. The minimum Gasteiger partial charge on any atom is -1.00 e. The standard InChI is InChI=1S/C31H29.C13H8Cl2.C13H21.2ClH.Zr/c1-18-11-20(3)30(21(4)12-18)24-7-9-28-26(15-24)17-27-16-25(8-10-29(27)28)31-22(5)13-19(2)14-23(31)6;14-12-5-1-3-10(8-12)7-11-4-2-6-13(15)9-11;1-5-6-7-11-8-9-12(10-11)13(2,3)4;;;/h7-15H,17H2,1-6H3;1-6,8-9H;8-10H,5-7H2,1-4H3;2*1H;/q-1;;-1;;;+2/p-2. The Labute approximate surface area is 410 Å². The van der Waals surface area contributed by atoms with Crippen LogP contribution in [-0.4, -0.2) is 3.21 Å². The van der Waals surface area contributed by atoms with Crippen molar-refractivity contribution in [1.82, 2.24) is 0 Å². The molecule has 62 heavy (non-hydrogen) atoms. The number of aryl methyl sites for hydroxylation is 7. The maximum Gasteiger partial charge on any atom is -1.00 e. The molecule has 0 saturated heterocycles. The largest absolute Gasteiger partial charge is 1.00 e. The molecule has 1 aliphatic rings. The Morgan fingerprint density at radius 3 is 1.69 bits per heavy atom. The fraction of sp³-hybridized carbons (Fsp3) is 0.263. The molecule has 0 saturated carbocycles. The Bertz CT molecular complexity index is 2460. The molecule has 8 rings (SSSR count). The van der Waals surface area contributed by atoms with Crippen LogP contribution in [0, 0.1) is 47.6 Å². The van der Waals surface area contributed by atoms with Crippen LogP contribution in [0.3, 0.4) is 0 Å². The molecule has 5 heteroatoms. The third-order valence-electron chi connectivity index (χ3n) is 11.4. The summed E-state index contributed by atoms with van der Waals surface area (Å²) in [5, 5.41) is 1.53. The SMILES string of the molecule is CCCCc1cc(C(C)(C)C)c[cH-]1.Cc1cc(C)c(-c2[c-]c3c(cc2)-c2ccc(-c4c(C)cc(C)cc4C)cc2C3)c(C)c1.Clc1cccc([C](=[Zr+2])c2cccc(Cl)c2)c1.[Cl-].[Cl-]. The van der Waals surface area contributed by atoms with Gasteiger partial charge >= 0.3 is 120 Å². The molecule has 1 aliphatic carbocycles. The van der Waals surface area contributed by atoms with Gasteiger partial charge in [0.05, 0.1) is 0 Å². The zero-order valence-electron chi connectivity index (χ0n) is 37.9. The van der Waals surface area contributed by atoms with Gasteiger partial charge in [-0.15, -0.1) is 29.3 Å². The van der Waals surface area contributed by atoms with Crippen LogP contribution in [0.1, 0.15) is 107 Å². The van der Waals surface area contributed by atoms with E-state index in [2.05, 4.69) is 160 Å². The van der Waals surface area contributed by atoms with Gasteiger partial charge in [-0.3, -0.25) is 0 Å². The molecule has 0 unspecified atom stereocenters. The number of hydrogen-bond donors (Lipinski definition) is 0.